The highest BCUT2D eigenvalue weighted by molar-refractivity contribution is 7.12. The maximum absolute atomic E-state index is 12.4. The average Bonchev–Trinajstić information content (AvgIpc) is 3.38. The second kappa shape index (κ2) is 7.58. The first-order chi connectivity index (χ1) is 13.6. The minimum absolute atomic E-state index is 0.173. The predicted molar refractivity (Wildman–Crippen MR) is 109 cm³/mol. The Labute approximate surface area is 164 Å². The van der Waals surface area contributed by atoms with Gasteiger partial charge in [-0.1, -0.05) is 6.07 Å². The van der Waals surface area contributed by atoms with Gasteiger partial charge in [-0.15, -0.1) is 11.3 Å². The minimum atomic E-state index is -0.495. The highest BCUT2D eigenvalue weighted by Crippen LogP contribution is 2.23. The van der Waals surface area contributed by atoms with E-state index in [1.54, 1.807) is 43.5 Å². The predicted octanol–water partition coefficient (Wildman–Crippen LogP) is 4.71. The summed E-state index contributed by atoms with van der Waals surface area (Å²) in [6.45, 7) is 0. The van der Waals surface area contributed by atoms with E-state index < -0.39 is 5.97 Å². The second-order valence-electron chi connectivity index (χ2n) is 5.98. The molecule has 4 rings (SSSR count). The normalized spacial score (nSPS) is 10.6. The molecule has 2 heterocycles. The largest absolute Gasteiger partial charge is 0.497 e. The van der Waals surface area contributed by atoms with Crippen molar-refractivity contribution in [2.45, 2.75) is 0 Å². The van der Waals surface area contributed by atoms with Gasteiger partial charge in [-0.2, -0.15) is 0 Å². The molecule has 0 aliphatic rings. The lowest BCUT2D eigenvalue weighted by Crippen LogP contribution is -2.11. The molecule has 28 heavy (non-hydrogen) atoms. The third-order valence-electron chi connectivity index (χ3n) is 4.12. The Morgan fingerprint density at radius 1 is 1.00 bits per heavy atom. The van der Waals surface area contributed by atoms with Crippen molar-refractivity contribution in [1.82, 2.24) is 4.98 Å². The maximum Gasteiger partial charge on any atom is 0.360 e. The van der Waals surface area contributed by atoms with Crippen molar-refractivity contribution in [3.05, 3.63) is 76.6 Å². The summed E-state index contributed by atoms with van der Waals surface area (Å²) in [6, 6.07) is 17.5. The van der Waals surface area contributed by atoms with Crippen LogP contribution in [-0.4, -0.2) is 24.0 Å². The van der Waals surface area contributed by atoms with E-state index in [4.69, 9.17) is 9.47 Å². The van der Waals surface area contributed by atoms with E-state index in [0.29, 0.717) is 27.8 Å². The van der Waals surface area contributed by atoms with Gasteiger partial charge in [0.1, 0.15) is 17.2 Å². The Kier molecular flexibility index (Phi) is 4.82. The summed E-state index contributed by atoms with van der Waals surface area (Å²) in [5.74, 6) is 0.420. The number of aromatic nitrogens is 1. The molecule has 4 aromatic rings. The Morgan fingerprint density at radius 2 is 1.79 bits per heavy atom. The lowest BCUT2D eigenvalue weighted by Gasteiger charge is -2.06. The van der Waals surface area contributed by atoms with Gasteiger partial charge in [0.2, 0.25) is 0 Å². The van der Waals surface area contributed by atoms with Crippen LogP contribution in [0.25, 0.3) is 10.9 Å². The highest BCUT2D eigenvalue weighted by Gasteiger charge is 2.13. The lowest BCUT2D eigenvalue weighted by molar-refractivity contribution is 0.0729. The highest BCUT2D eigenvalue weighted by atomic mass is 32.1. The van der Waals surface area contributed by atoms with Crippen molar-refractivity contribution in [2.75, 3.05) is 12.4 Å². The molecule has 7 heteroatoms. The Morgan fingerprint density at radius 3 is 2.50 bits per heavy atom. The number of carbonyl (C=O) groups excluding carboxylic acids is 2. The van der Waals surface area contributed by atoms with E-state index in [9.17, 15) is 9.59 Å². The van der Waals surface area contributed by atoms with Crippen LogP contribution in [0.15, 0.2) is 66.0 Å². The van der Waals surface area contributed by atoms with Gasteiger partial charge in [0.25, 0.3) is 5.91 Å². The molecule has 6 nitrogen and oxygen atoms in total. The van der Waals surface area contributed by atoms with E-state index in [2.05, 4.69) is 10.3 Å². The molecule has 0 fully saturated rings. The summed E-state index contributed by atoms with van der Waals surface area (Å²) in [5.41, 5.74) is 1.76. The number of amides is 1. The SMILES string of the molecule is COc1ccc2cc(C(=O)Oc3ccc(NC(=O)c4cccs4)cc3)[nH]c2c1. The summed E-state index contributed by atoms with van der Waals surface area (Å²) in [6.07, 6.45) is 0. The minimum Gasteiger partial charge on any atom is -0.497 e. The van der Waals surface area contributed by atoms with E-state index in [0.717, 1.165) is 10.9 Å². The summed E-state index contributed by atoms with van der Waals surface area (Å²) in [7, 11) is 1.59. The number of esters is 1. The second-order valence-corrected chi connectivity index (χ2v) is 6.93. The zero-order chi connectivity index (χ0) is 19.5. The molecule has 0 saturated carbocycles. The molecule has 0 aliphatic carbocycles. The van der Waals surface area contributed by atoms with E-state index in [1.165, 1.54) is 11.3 Å². The molecule has 2 aromatic carbocycles. The number of nitrogens with one attached hydrogen (secondary N) is 2. The summed E-state index contributed by atoms with van der Waals surface area (Å²) < 4.78 is 10.6. The van der Waals surface area contributed by atoms with Crippen LogP contribution in [-0.2, 0) is 0 Å². The van der Waals surface area contributed by atoms with Crippen molar-refractivity contribution in [2.24, 2.45) is 0 Å². The lowest BCUT2D eigenvalue weighted by atomic mass is 10.2. The molecule has 0 radical (unpaired) electrons. The molecule has 0 atom stereocenters. The number of hydrogen-bond donors (Lipinski definition) is 2. The molecule has 2 N–H and O–H groups in total. The fraction of sp³-hybridized carbons (Fsp3) is 0.0476. The number of carbonyl (C=O) groups is 2. The van der Waals surface area contributed by atoms with Gasteiger partial charge in [-0.05, 0) is 53.9 Å². The molecule has 0 unspecified atom stereocenters. The standard InChI is InChI=1S/C21H16N2O4S/c1-26-16-7-4-13-11-18(23-17(13)12-16)21(25)27-15-8-5-14(6-9-15)22-20(24)19-3-2-10-28-19/h2-12,23H,1H3,(H,22,24). The molecule has 0 saturated heterocycles. The number of anilines is 1. The number of fused-ring (bicyclic) bond motifs is 1. The Balaban J connectivity index is 1.44. The van der Waals surface area contributed by atoms with Crippen LogP contribution in [0.3, 0.4) is 0 Å². The van der Waals surface area contributed by atoms with Crippen LogP contribution >= 0.6 is 11.3 Å². The number of H-pyrrole nitrogens is 1. The number of methoxy groups -OCH3 is 1. The number of rotatable bonds is 5. The van der Waals surface area contributed by atoms with Crippen LogP contribution in [0.2, 0.25) is 0 Å². The first-order valence-electron chi connectivity index (χ1n) is 8.46. The third kappa shape index (κ3) is 3.74. The molecule has 0 aliphatic heterocycles. The fourth-order valence-electron chi connectivity index (χ4n) is 2.71. The maximum atomic E-state index is 12.4. The van der Waals surface area contributed by atoms with Crippen molar-refractivity contribution >= 4 is 39.8 Å². The number of aromatic amines is 1. The molecule has 1 amide bonds. The topological polar surface area (TPSA) is 80.4 Å². The molecule has 140 valence electrons. The van der Waals surface area contributed by atoms with Gasteiger partial charge in [0.15, 0.2) is 0 Å². The van der Waals surface area contributed by atoms with E-state index in [-0.39, 0.29) is 5.91 Å². The smallest absolute Gasteiger partial charge is 0.360 e. The van der Waals surface area contributed by atoms with Crippen LogP contribution in [0.5, 0.6) is 11.5 Å². The van der Waals surface area contributed by atoms with E-state index >= 15 is 0 Å². The van der Waals surface area contributed by atoms with E-state index in [1.807, 2.05) is 29.6 Å². The van der Waals surface area contributed by atoms with Crippen molar-refractivity contribution in [3.8, 4) is 11.5 Å². The number of hydrogen-bond acceptors (Lipinski definition) is 5. The van der Waals surface area contributed by atoms with Crippen LogP contribution in [0.1, 0.15) is 20.2 Å². The zero-order valence-corrected chi connectivity index (χ0v) is 15.7. The Hall–Kier alpha value is -3.58. The monoisotopic (exact) mass is 392 g/mol. The molecule has 0 spiro atoms. The number of benzene rings is 2. The van der Waals surface area contributed by atoms with Crippen LogP contribution < -0.4 is 14.8 Å². The zero-order valence-electron chi connectivity index (χ0n) is 14.9. The summed E-state index contributed by atoms with van der Waals surface area (Å²) >= 11 is 1.37. The number of thiophene rings is 1. The van der Waals surface area contributed by atoms with Gasteiger partial charge in [0, 0.05) is 22.7 Å². The summed E-state index contributed by atoms with van der Waals surface area (Å²) in [5, 5.41) is 5.53. The first-order valence-corrected chi connectivity index (χ1v) is 9.34. The van der Waals surface area contributed by atoms with Crippen LogP contribution in [0, 0.1) is 0 Å². The van der Waals surface area contributed by atoms with Crippen molar-refractivity contribution < 1.29 is 19.1 Å². The first kappa shape index (κ1) is 17.8. The third-order valence-corrected chi connectivity index (χ3v) is 4.99. The molecule has 0 bridgehead atoms. The molecule has 2 aromatic heterocycles. The van der Waals surface area contributed by atoms with Gasteiger partial charge < -0.3 is 19.8 Å². The average molecular weight is 392 g/mol. The van der Waals surface area contributed by atoms with Crippen molar-refractivity contribution in [3.63, 3.8) is 0 Å². The van der Waals surface area contributed by atoms with Crippen molar-refractivity contribution in [1.29, 1.82) is 0 Å². The Bertz CT molecular complexity index is 1130. The molecular formula is C21H16N2O4S. The quantitative estimate of drug-likeness (QED) is 0.381. The molecular weight excluding hydrogens is 376 g/mol. The van der Waals surface area contributed by atoms with Crippen LogP contribution in [0.4, 0.5) is 5.69 Å². The van der Waals surface area contributed by atoms with Gasteiger partial charge >= 0.3 is 5.97 Å². The van der Waals surface area contributed by atoms with Gasteiger partial charge in [-0.25, -0.2) is 4.79 Å². The number of ether oxygens (including phenoxy) is 2. The fourth-order valence-corrected chi connectivity index (χ4v) is 3.33. The van der Waals surface area contributed by atoms with Gasteiger partial charge in [0.05, 0.1) is 12.0 Å². The van der Waals surface area contributed by atoms with Gasteiger partial charge in [-0.3, -0.25) is 4.79 Å². The summed E-state index contributed by atoms with van der Waals surface area (Å²) in [4.78, 5) is 28.1.